The van der Waals surface area contributed by atoms with Gasteiger partial charge in [-0.25, -0.2) is 0 Å². The Hall–Kier alpha value is -4.07. The van der Waals surface area contributed by atoms with Gasteiger partial charge in [0, 0.05) is 11.3 Å². The number of rotatable bonds is 5. The summed E-state index contributed by atoms with van der Waals surface area (Å²) in [7, 11) is 0. The Labute approximate surface area is 206 Å². The molecule has 0 aliphatic carbocycles. The van der Waals surface area contributed by atoms with Gasteiger partial charge >= 0.3 is 6.18 Å². The fourth-order valence-corrected chi connectivity index (χ4v) is 4.36. The molecule has 0 aromatic heterocycles. The molecule has 0 radical (unpaired) electrons. The molecule has 0 spiro atoms. The maximum atomic E-state index is 13.4. The number of hydrogen-bond acceptors (Lipinski definition) is 4. The molecule has 1 aliphatic heterocycles. The van der Waals surface area contributed by atoms with Gasteiger partial charge in [0.25, 0.3) is 11.7 Å². The average Bonchev–Trinajstić information content (AvgIpc) is 3.10. The second-order valence-electron chi connectivity index (χ2n) is 8.54. The minimum Gasteiger partial charge on any atom is -0.507 e. The van der Waals surface area contributed by atoms with E-state index in [1.54, 1.807) is 43.3 Å². The summed E-state index contributed by atoms with van der Waals surface area (Å²) in [5.74, 6) is -1.82. The van der Waals surface area contributed by atoms with Crippen molar-refractivity contribution in [2.75, 3.05) is 11.5 Å². The zero-order valence-corrected chi connectivity index (χ0v) is 19.9. The predicted molar refractivity (Wildman–Crippen MR) is 130 cm³/mol. The molecule has 5 nitrogen and oxygen atoms in total. The summed E-state index contributed by atoms with van der Waals surface area (Å²) in [6.45, 7) is 5.88. The molecule has 186 valence electrons. The molecule has 3 aromatic rings. The van der Waals surface area contributed by atoms with Crippen LogP contribution in [0.5, 0.6) is 5.75 Å². The molecule has 4 rings (SSSR count). The minimum absolute atomic E-state index is 0.0969. The van der Waals surface area contributed by atoms with Gasteiger partial charge in [-0.2, -0.15) is 13.2 Å². The van der Waals surface area contributed by atoms with Crippen molar-refractivity contribution in [3.63, 3.8) is 0 Å². The van der Waals surface area contributed by atoms with Gasteiger partial charge in [-0.1, -0.05) is 35.9 Å². The maximum Gasteiger partial charge on any atom is 0.416 e. The highest BCUT2D eigenvalue weighted by molar-refractivity contribution is 6.51. The van der Waals surface area contributed by atoms with Crippen molar-refractivity contribution in [3.8, 4) is 5.75 Å². The van der Waals surface area contributed by atoms with Crippen LogP contribution in [0.3, 0.4) is 0 Å². The molecule has 1 N–H and O–H groups in total. The van der Waals surface area contributed by atoms with E-state index in [0.717, 1.165) is 22.6 Å². The number of halogens is 3. The highest BCUT2D eigenvalue weighted by Crippen LogP contribution is 2.43. The van der Waals surface area contributed by atoms with E-state index in [-0.39, 0.29) is 16.8 Å². The number of anilines is 1. The van der Waals surface area contributed by atoms with E-state index in [0.29, 0.717) is 23.5 Å². The number of alkyl halides is 3. The Kier molecular flexibility index (Phi) is 6.63. The molecule has 1 unspecified atom stereocenters. The SMILES string of the molecule is CCOc1ccc(/C(O)=C2\C(=O)C(=O)N(c3cccc(C(F)(F)F)c3)C2c2cccc(C)c2)cc1C. The number of nitrogens with zero attached hydrogens (tertiary/aromatic N) is 1. The second kappa shape index (κ2) is 9.53. The number of amides is 1. The van der Waals surface area contributed by atoms with Crippen LogP contribution in [0.4, 0.5) is 18.9 Å². The normalized spacial score (nSPS) is 17.5. The smallest absolute Gasteiger partial charge is 0.416 e. The van der Waals surface area contributed by atoms with Crippen LogP contribution in [0.15, 0.2) is 72.3 Å². The number of carbonyl (C=O) groups is 2. The molecule has 1 heterocycles. The van der Waals surface area contributed by atoms with Crippen molar-refractivity contribution in [1.82, 2.24) is 0 Å². The van der Waals surface area contributed by atoms with Crippen LogP contribution in [0.1, 0.15) is 40.8 Å². The van der Waals surface area contributed by atoms with Gasteiger partial charge in [-0.3, -0.25) is 14.5 Å². The second-order valence-corrected chi connectivity index (χ2v) is 8.54. The predicted octanol–water partition coefficient (Wildman–Crippen LogP) is 6.35. The van der Waals surface area contributed by atoms with Crippen molar-refractivity contribution in [3.05, 3.63) is 100 Å². The van der Waals surface area contributed by atoms with Crippen LogP contribution in [0, 0.1) is 13.8 Å². The molecule has 0 bridgehead atoms. The fraction of sp³-hybridized carbons (Fsp3) is 0.214. The lowest BCUT2D eigenvalue weighted by atomic mass is 9.93. The summed E-state index contributed by atoms with van der Waals surface area (Å²) < 4.78 is 45.8. The Bertz CT molecular complexity index is 1380. The number of Topliss-reactive ketones (excluding diaryl/α,β-unsaturated/α-hetero) is 1. The number of carbonyl (C=O) groups excluding carboxylic acids is 2. The lowest BCUT2D eigenvalue weighted by Gasteiger charge is -2.26. The number of aliphatic hydroxyl groups is 1. The van der Waals surface area contributed by atoms with E-state index in [9.17, 15) is 27.9 Å². The summed E-state index contributed by atoms with van der Waals surface area (Å²) >= 11 is 0. The summed E-state index contributed by atoms with van der Waals surface area (Å²) in [4.78, 5) is 27.5. The first-order chi connectivity index (χ1) is 17.0. The van der Waals surface area contributed by atoms with Crippen molar-refractivity contribution < 1.29 is 32.6 Å². The highest BCUT2D eigenvalue weighted by atomic mass is 19.4. The van der Waals surface area contributed by atoms with E-state index in [1.807, 2.05) is 19.9 Å². The number of ether oxygens (including phenoxy) is 1. The monoisotopic (exact) mass is 495 g/mol. The first kappa shape index (κ1) is 25.0. The van der Waals surface area contributed by atoms with Gasteiger partial charge in [0.2, 0.25) is 0 Å². The highest BCUT2D eigenvalue weighted by Gasteiger charge is 2.47. The van der Waals surface area contributed by atoms with Crippen molar-refractivity contribution >= 4 is 23.1 Å². The van der Waals surface area contributed by atoms with Crippen molar-refractivity contribution in [2.24, 2.45) is 0 Å². The van der Waals surface area contributed by atoms with Crippen molar-refractivity contribution in [1.29, 1.82) is 0 Å². The lowest BCUT2D eigenvalue weighted by molar-refractivity contribution is -0.137. The molecule has 8 heteroatoms. The zero-order chi connectivity index (χ0) is 26.2. The van der Waals surface area contributed by atoms with Gasteiger partial charge in [0.1, 0.15) is 11.5 Å². The van der Waals surface area contributed by atoms with Gasteiger partial charge in [-0.15, -0.1) is 0 Å². The number of hydrogen-bond donors (Lipinski definition) is 1. The first-order valence-electron chi connectivity index (χ1n) is 11.3. The van der Waals surface area contributed by atoms with Gasteiger partial charge < -0.3 is 9.84 Å². The molecule has 0 saturated carbocycles. The Morgan fingerprint density at radius 1 is 1.00 bits per heavy atom. The van der Waals surface area contributed by atoms with Crippen LogP contribution >= 0.6 is 0 Å². The molecule has 3 aromatic carbocycles. The van der Waals surface area contributed by atoms with Crippen molar-refractivity contribution in [2.45, 2.75) is 33.0 Å². The van der Waals surface area contributed by atoms with Crippen LogP contribution in [-0.2, 0) is 15.8 Å². The Morgan fingerprint density at radius 2 is 1.72 bits per heavy atom. The van der Waals surface area contributed by atoms with E-state index >= 15 is 0 Å². The summed E-state index contributed by atoms with van der Waals surface area (Å²) in [5, 5.41) is 11.3. The molecule has 1 aliphatic rings. The topological polar surface area (TPSA) is 66.8 Å². The summed E-state index contributed by atoms with van der Waals surface area (Å²) in [6, 6.07) is 14.9. The molecule has 1 fully saturated rings. The van der Waals surface area contributed by atoms with E-state index in [2.05, 4.69) is 0 Å². The fourth-order valence-electron chi connectivity index (χ4n) is 4.36. The number of benzene rings is 3. The molecule has 36 heavy (non-hydrogen) atoms. The summed E-state index contributed by atoms with van der Waals surface area (Å²) in [5.41, 5.74) is 1.05. The van der Waals surface area contributed by atoms with Crippen LogP contribution < -0.4 is 9.64 Å². The average molecular weight is 495 g/mol. The first-order valence-corrected chi connectivity index (χ1v) is 11.3. The third kappa shape index (κ3) is 4.58. The maximum absolute atomic E-state index is 13.4. The summed E-state index contributed by atoms with van der Waals surface area (Å²) in [6.07, 6.45) is -4.64. The molecule has 1 atom stereocenters. The van der Waals surface area contributed by atoms with Gasteiger partial charge in [0.15, 0.2) is 0 Å². The van der Waals surface area contributed by atoms with E-state index < -0.39 is 35.2 Å². The molecular formula is C28H24F3NO4. The molecule has 1 amide bonds. The molecule has 1 saturated heterocycles. The number of aliphatic hydroxyl groups excluding tert-OH is 1. The minimum atomic E-state index is -4.64. The standard InChI is InChI=1S/C28H24F3NO4/c1-4-36-22-12-11-19(14-17(22)3)25(33)23-24(18-8-5-7-16(2)13-18)32(27(35)26(23)34)21-10-6-9-20(15-21)28(29,30)31/h5-15,24,33H,4H2,1-3H3/b25-23+. The van der Waals surface area contributed by atoms with E-state index in [4.69, 9.17) is 4.74 Å². The van der Waals surface area contributed by atoms with Gasteiger partial charge in [0.05, 0.1) is 23.8 Å². The van der Waals surface area contributed by atoms with Crippen LogP contribution in [0.2, 0.25) is 0 Å². The lowest BCUT2D eigenvalue weighted by Crippen LogP contribution is -2.29. The number of ketones is 1. The Morgan fingerprint density at radius 3 is 2.36 bits per heavy atom. The third-order valence-electron chi connectivity index (χ3n) is 6.00. The third-order valence-corrected chi connectivity index (χ3v) is 6.00. The van der Waals surface area contributed by atoms with Gasteiger partial charge in [-0.05, 0) is 68.3 Å². The number of aryl methyl sites for hydroxylation is 2. The molecular weight excluding hydrogens is 471 g/mol. The van der Waals surface area contributed by atoms with Crippen LogP contribution in [-0.4, -0.2) is 23.4 Å². The van der Waals surface area contributed by atoms with Crippen LogP contribution in [0.25, 0.3) is 5.76 Å². The van der Waals surface area contributed by atoms with E-state index in [1.165, 1.54) is 12.1 Å². The quantitative estimate of drug-likeness (QED) is 0.255. The zero-order valence-electron chi connectivity index (χ0n) is 19.9. The Balaban J connectivity index is 1.93. The largest absolute Gasteiger partial charge is 0.507 e.